The van der Waals surface area contributed by atoms with E-state index in [9.17, 15) is 18.0 Å². The molecule has 6 nitrogen and oxygen atoms in total. The molecular weight excluding hydrogens is 583 g/mol. The van der Waals surface area contributed by atoms with E-state index in [1.807, 2.05) is 47.9 Å². The molecule has 2 amide bonds. The second-order valence-electron chi connectivity index (χ2n) is 9.49. The molecule has 0 saturated heterocycles. The Morgan fingerprint density at radius 3 is 2.38 bits per heavy atom. The quantitative estimate of drug-likeness (QED) is 0.166. The van der Waals surface area contributed by atoms with Crippen LogP contribution in [0, 0.1) is 24.4 Å². The first-order chi connectivity index (χ1) is 20.3. The summed E-state index contributed by atoms with van der Waals surface area (Å²) in [4.78, 5) is 13.1. The van der Waals surface area contributed by atoms with E-state index in [2.05, 4.69) is 20.8 Å². The molecule has 0 aliphatic carbocycles. The molecule has 0 aliphatic heterocycles. The lowest BCUT2D eigenvalue weighted by Crippen LogP contribution is -2.35. The average molecular weight is 608 g/mol. The Morgan fingerprint density at radius 2 is 1.64 bits per heavy atom. The Bertz CT molecular complexity index is 1700. The van der Waals surface area contributed by atoms with Crippen molar-refractivity contribution >= 4 is 35.1 Å². The van der Waals surface area contributed by atoms with Crippen LogP contribution in [-0.2, 0) is 12.2 Å². The van der Waals surface area contributed by atoms with Gasteiger partial charge < -0.3 is 10.6 Å². The van der Waals surface area contributed by atoms with E-state index in [4.69, 9.17) is 11.6 Å². The number of benzene rings is 4. The van der Waals surface area contributed by atoms with Crippen molar-refractivity contribution in [2.45, 2.75) is 30.3 Å². The van der Waals surface area contributed by atoms with Gasteiger partial charge in [0.25, 0.3) is 0 Å². The van der Waals surface area contributed by atoms with Crippen LogP contribution in [0.25, 0.3) is 5.69 Å². The molecule has 42 heavy (non-hydrogen) atoms. The highest BCUT2D eigenvalue weighted by atomic mass is 35.5. The van der Waals surface area contributed by atoms with Gasteiger partial charge in [-0.15, -0.1) is 10.2 Å². The Kier molecular flexibility index (Phi) is 9.14. The molecule has 0 saturated carbocycles. The number of aryl methyl sites for hydroxylation is 1. The van der Waals surface area contributed by atoms with Gasteiger partial charge in [0.05, 0.1) is 17.4 Å². The molecule has 0 aliphatic rings. The van der Waals surface area contributed by atoms with Crippen LogP contribution in [0.2, 0.25) is 5.02 Å². The predicted octanol–water partition coefficient (Wildman–Crippen LogP) is 8.04. The molecule has 214 valence electrons. The molecule has 0 bridgehead atoms. The third-order valence-electron chi connectivity index (χ3n) is 6.43. The molecule has 0 radical (unpaired) electrons. The zero-order valence-corrected chi connectivity index (χ0v) is 23.9. The van der Waals surface area contributed by atoms with E-state index in [0.29, 0.717) is 39.9 Å². The van der Waals surface area contributed by atoms with Crippen LogP contribution in [0.15, 0.2) is 96.2 Å². The van der Waals surface area contributed by atoms with Crippen molar-refractivity contribution < 1.29 is 18.0 Å². The lowest BCUT2D eigenvalue weighted by molar-refractivity contribution is 0.247. The topological polar surface area (TPSA) is 71.8 Å². The fourth-order valence-electron chi connectivity index (χ4n) is 4.34. The van der Waals surface area contributed by atoms with Gasteiger partial charge in [-0.25, -0.2) is 18.0 Å². The standard InChI is InChI=1S/C31H25ClF3N5OS/c1-19-7-10-22(32)16-28(19)40-29(38-39-31(40)42-18-21-8-11-23(33)12-9-21)27(15-20-5-3-2-4-6-20)37-30(41)36-26-14-13-24(34)17-25(26)35/h2-14,16-17,27H,15,18H2,1H3,(H2,36,37,41). The molecule has 4 aromatic carbocycles. The molecule has 5 rings (SSSR count). The van der Waals surface area contributed by atoms with Crippen LogP contribution in [0.3, 0.4) is 0 Å². The van der Waals surface area contributed by atoms with Crippen LogP contribution < -0.4 is 10.6 Å². The molecular formula is C31H25ClF3N5OS. The zero-order chi connectivity index (χ0) is 29.6. The van der Waals surface area contributed by atoms with Gasteiger partial charge in [-0.05, 0) is 60.0 Å². The van der Waals surface area contributed by atoms with Crippen LogP contribution >= 0.6 is 23.4 Å². The molecule has 0 spiro atoms. The summed E-state index contributed by atoms with van der Waals surface area (Å²) in [6.07, 6.45) is 0.334. The summed E-state index contributed by atoms with van der Waals surface area (Å²) in [7, 11) is 0. The summed E-state index contributed by atoms with van der Waals surface area (Å²) in [5.74, 6) is -1.07. The minimum Gasteiger partial charge on any atom is -0.327 e. The van der Waals surface area contributed by atoms with Crippen LogP contribution in [0.1, 0.15) is 28.6 Å². The first-order valence-electron chi connectivity index (χ1n) is 12.9. The minimum absolute atomic E-state index is 0.171. The number of amides is 2. The number of nitrogens with one attached hydrogen (secondary N) is 2. The fourth-order valence-corrected chi connectivity index (χ4v) is 5.42. The summed E-state index contributed by atoms with van der Waals surface area (Å²) < 4.78 is 43.0. The second-order valence-corrected chi connectivity index (χ2v) is 10.9. The van der Waals surface area contributed by atoms with Crippen LogP contribution in [0.5, 0.6) is 0 Å². The maximum Gasteiger partial charge on any atom is 0.319 e. The minimum atomic E-state index is -0.901. The third-order valence-corrected chi connectivity index (χ3v) is 7.67. The number of hydrogen-bond donors (Lipinski definition) is 2. The number of anilines is 1. The van der Waals surface area contributed by atoms with E-state index >= 15 is 0 Å². The fraction of sp³-hybridized carbons (Fsp3) is 0.129. The van der Waals surface area contributed by atoms with Gasteiger partial charge in [-0.2, -0.15) is 0 Å². The summed E-state index contributed by atoms with van der Waals surface area (Å²) in [6, 6.07) is 22.6. The Balaban J connectivity index is 1.53. The summed E-state index contributed by atoms with van der Waals surface area (Å²) in [5.41, 5.74) is 3.23. The largest absolute Gasteiger partial charge is 0.327 e. The van der Waals surface area contributed by atoms with Gasteiger partial charge in [-0.1, -0.05) is 71.9 Å². The zero-order valence-electron chi connectivity index (χ0n) is 22.3. The van der Waals surface area contributed by atoms with Crippen molar-refractivity contribution in [3.63, 3.8) is 0 Å². The van der Waals surface area contributed by atoms with Crippen molar-refractivity contribution in [2.24, 2.45) is 0 Å². The summed E-state index contributed by atoms with van der Waals surface area (Å²) >= 11 is 7.79. The molecule has 11 heteroatoms. The summed E-state index contributed by atoms with van der Waals surface area (Å²) in [6.45, 7) is 1.92. The van der Waals surface area contributed by atoms with Gasteiger partial charge in [0.2, 0.25) is 0 Å². The number of urea groups is 1. The van der Waals surface area contributed by atoms with Gasteiger partial charge in [-0.3, -0.25) is 4.57 Å². The molecule has 5 aromatic rings. The highest BCUT2D eigenvalue weighted by Gasteiger charge is 2.26. The third kappa shape index (κ3) is 7.13. The van der Waals surface area contributed by atoms with E-state index in [-0.39, 0.29) is 11.5 Å². The molecule has 1 heterocycles. The van der Waals surface area contributed by atoms with Crippen molar-refractivity contribution in [3.8, 4) is 5.69 Å². The van der Waals surface area contributed by atoms with E-state index in [1.54, 1.807) is 24.3 Å². The lowest BCUT2D eigenvalue weighted by atomic mass is 10.0. The van der Waals surface area contributed by atoms with Gasteiger partial charge in [0.1, 0.15) is 17.5 Å². The normalized spacial score (nSPS) is 11.7. The Hall–Kier alpha value is -4.28. The number of thioether (sulfide) groups is 1. The molecule has 1 atom stereocenters. The number of carbonyl (C=O) groups is 1. The first kappa shape index (κ1) is 29.2. The summed E-state index contributed by atoms with van der Waals surface area (Å²) in [5, 5.41) is 15.3. The monoisotopic (exact) mass is 607 g/mol. The van der Waals surface area contributed by atoms with Crippen LogP contribution in [-0.4, -0.2) is 20.8 Å². The number of carbonyl (C=O) groups excluding carboxylic acids is 1. The van der Waals surface area contributed by atoms with Gasteiger partial charge in [0.15, 0.2) is 11.0 Å². The van der Waals surface area contributed by atoms with Crippen molar-refractivity contribution in [2.75, 3.05) is 5.32 Å². The van der Waals surface area contributed by atoms with Gasteiger partial charge >= 0.3 is 6.03 Å². The predicted molar refractivity (Wildman–Crippen MR) is 158 cm³/mol. The SMILES string of the molecule is Cc1ccc(Cl)cc1-n1c(SCc2ccc(F)cc2)nnc1C(Cc1ccccc1)NC(=O)Nc1ccc(F)cc1F. The first-order valence-corrected chi connectivity index (χ1v) is 14.3. The van der Waals surface area contributed by atoms with Crippen molar-refractivity contribution in [1.82, 2.24) is 20.1 Å². The molecule has 1 unspecified atom stereocenters. The molecule has 0 fully saturated rings. The van der Waals surface area contributed by atoms with E-state index < -0.39 is 23.7 Å². The maximum atomic E-state index is 14.3. The molecule has 1 aromatic heterocycles. The van der Waals surface area contributed by atoms with E-state index in [1.165, 1.54) is 23.9 Å². The number of aromatic nitrogens is 3. The number of nitrogens with zero attached hydrogens (tertiary/aromatic N) is 3. The average Bonchev–Trinajstić information content (AvgIpc) is 3.39. The highest BCUT2D eigenvalue weighted by molar-refractivity contribution is 7.98. The smallest absolute Gasteiger partial charge is 0.319 e. The second kappa shape index (κ2) is 13.1. The Morgan fingerprint density at radius 1 is 0.905 bits per heavy atom. The van der Waals surface area contributed by atoms with Crippen LogP contribution in [0.4, 0.5) is 23.7 Å². The molecule has 2 N–H and O–H groups in total. The Labute approximate surface area is 249 Å². The highest BCUT2D eigenvalue weighted by Crippen LogP contribution is 2.31. The van der Waals surface area contributed by atoms with Gasteiger partial charge in [0, 0.05) is 23.3 Å². The number of rotatable bonds is 9. The number of halogens is 4. The lowest BCUT2D eigenvalue weighted by Gasteiger charge is -2.21. The van der Waals surface area contributed by atoms with Crippen molar-refractivity contribution in [1.29, 1.82) is 0 Å². The van der Waals surface area contributed by atoms with E-state index in [0.717, 1.165) is 28.8 Å². The maximum absolute atomic E-state index is 14.3. The van der Waals surface area contributed by atoms with Crippen molar-refractivity contribution in [3.05, 3.63) is 136 Å². The number of hydrogen-bond acceptors (Lipinski definition) is 4.